The van der Waals surface area contributed by atoms with Crippen LogP contribution >= 0.6 is 0 Å². The van der Waals surface area contributed by atoms with Crippen molar-refractivity contribution < 1.29 is 19.7 Å². The van der Waals surface area contributed by atoms with E-state index in [1.165, 1.54) is 14.0 Å². The molecule has 0 aliphatic carbocycles. The van der Waals surface area contributed by atoms with Gasteiger partial charge >= 0.3 is 5.97 Å². The van der Waals surface area contributed by atoms with Gasteiger partial charge in [-0.25, -0.2) is 0 Å². The van der Waals surface area contributed by atoms with E-state index in [-0.39, 0.29) is 19.3 Å². The predicted molar refractivity (Wildman–Crippen MR) is 52.2 cm³/mol. The second kappa shape index (κ2) is 5.95. The zero-order chi connectivity index (χ0) is 11.2. The number of hydrogen-bond acceptors (Lipinski definition) is 4. The van der Waals surface area contributed by atoms with Crippen LogP contribution in [0.4, 0.5) is 0 Å². The van der Waals surface area contributed by atoms with Crippen LogP contribution in [-0.2, 0) is 9.53 Å². The van der Waals surface area contributed by atoms with Crippen LogP contribution in [0.15, 0.2) is 0 Å². The molecular weight excluding hydrogens is 186 g/mol. The van der Waals surface area contributed by atoms with Gasteiger partial charge in [0.05, 0.1) is 13.2 Å². The van der Waals surface area contributed by atoms with Crippen molar-refractivity contribution >= 4 is 5.97 Å². The molecule has 0 aromatic heterocycles. The molecule has 5 nitrogen and oxygen atoms in total. The highest BCUT2D eigenvalue weighted by molar-refractivity contribution is 5.78. The average Bonchev–Trinajstić information content (AvgIpc) is 2.14. The van der Waals surface area contributed by atoms with Crippen molar-refractivity contribution in [3.63, 3.8) is 0 Å². The van der Waals surface area contributed by atoms with Crippen LogP contribution in [0.25, 0.3) is 0 Å². The Bertz CT molecular complexity index is 182. The van der Waals surface area contributed by atoms with Gasteiger partial charge in [-0.1, -0.05) is 6.92 Å². The quantitative estimate of drug-likeness (QED) is 0.538. The van der Waals surface area contributed by atoms with Crippen molar-refractivity contribution in [3.8, 4) is 0 Å². The van der Waals surface area contributed by atoms with E-state index in [4.69, 9.17) is 14.9 Å². The Morgan fingerprint density at radius 3 is 2.50 bits per heavy atom. The van der Waals surface area contributed by atoms with Crippen molar-refractivity contribution in [1.29, 1.82) is 0 Å². The minimum Gasteiger partial charge on any atom is -0.480 e. The van der Waals surface area contributed by atoms with E-state index in [1.807, 2.05) is 6.92 Å². The number of carbonyl (C=O) groups is 1. The highest BCUT2D eigenvalue weighted by Gasteiger charge is 2.34. The number of hydrogen-bond donors (Lipinski definition) is 3. The second-order valence-corrected chi connectivity index (χ2v) is 3.50. The normalized spacial score (nSPS) is 17.4. The number of aliphatic hydroxyl groups is 1. The predicted octanol–water partition coefficient (Wildman–Crippen LogP) is -0.163. The van der Waals surface area contributed by atoms with Crippen LogP contribution in [0.3, 0.4) is 0 Å². The largest absolute Gasteiger partial charge is 0.480 e. The molecule has 2 atom stereocenters. The van der Waals surface area contributed by atoms with Gasteiger partial charge in [0.15, 0.2) is 0 Å². The Labute approximate surface area is 84.1 Å². The second-order valence-electron chi connectivity index (χ2n) is 3.50. The number of carboxylic acid groups (broad SMARTS) is 1. The van der Waals surface area contributed by atoms with Gasteiger partial charge in [0.25, 0.3) is 0 Å². The maximum absolute atomic E-state index is 11.0. The molecule has 3 N–H and O–H groups in total. The van der Waals surface area contributed by atoms with Gasteiger partial charge in [-0.15, -0.1) is 0 Å². The molecule has 0 bridgehead atoms. The molecule has 0 aromatic carbocycles. The number of aliphatic carboxylic acids is 1. The Kier molecular flexibility index (Phi) is 5.68. The van der Waals surface area contributed by atoms with Gasteiger partial charge in [0.2, 0.25) is 0 Å². The van der Waals surface area contributed by atoms with E-state index in [2.05, 4.69) is 5.32 Å². The standard InChI is InChI=1S/C9H19NO4/c1-4-7(5-11)10-9(2,6-14-3)8(12)13/h7,10-11H,4-6H2,1-3H3,(H,12,13). The minimum atomic E-state index is -1.14. The molecule has 0 saturated carbocycles. The molecule has 84 valence electrons. The first-order chi connectivity index (χ1) is 6.50. The lowest BCUT2D eigenvalue weighted by atomic mass is 10.0. The van der Waals surface area contributed by atoms with Gasteiger partial charge in [-0.2, -0.15) is 0 Å². The Hall–Kier alpha value is -0.650. The van der Waals surface area contributed by atoms with Crippen LogP contribution in [0, 0.1) is 0 Å². The lowest BCUT2D eigenvalue weighted by molar-refractivity contribution is -0.147. The lowest BCUT2D eigenvalue weighted by Crippen LogP contribution is -2.57. The smallest absolute Gasteiger partial charge is 0.326 e. The average molecular weight is 205 g/mol. The van der Waals surface area contributed by atoms with Crippen LogP contribution in [0.1, 0.15) is 20.3 Å². The highest BCUT2D eigenvalue weighted by Crippen LogP contribution is 2.07. The first-order valence-corrected chi connectivity index (χ1v) is 4.61. The van der Waals surface area contributed by atoms with Gasteiger partial charge < -0.3 is 14.9 Å². The van der Waals surface area contributed by atoms with E-state index in [1.54, 1.807) is 0 Å². The lowest BCUT2D eigenvalue weighted by Gasteiger charge is -2.29. The van der Waals surface area contributed by atoms with E-state index in [9.17, 15) is 4.79 Å². The first-order valence-electron chi connectivity index (χ1n) is 4.61. The fraction of sp³-hybridized carbons (Fsp3) is 0.889. The molecule has 2 unspecified atom stereocenters. The van der Waals surface area contributed by atoms with Gasteiger partial charge in [0.1, 0.15) is 5.54 Å². The van der Waals surface area contributed by atoms with Crippen LogP contribution in [0.5, 0.6) is 0 Å². The van der Waals surface area contributed by atoms with Gasteiger partial charge in [-0.05, 0) is 13.3 Å². The fourth-order valence-corrected chi connectivity index (χ4v) is 1.18. The molecule has 0 radical (unpaired) electrons. The molecule has 14 heavy (non-hydrogen) atoms. The molecular formula is C9H19NO4. The van der Waals surface area contributed by atoms with E-state index >= 15 is 0 Å². The Balaban J connectivity index is 4.42. The molecule has 0 rings (SSSR count). The number of carboxylic acids is 1. The van der Waals surface area contributed by atoms with Crippen molar-refractivity contribution in [3.05, 3.63) is 0 Å². The van der Waals surface area contributed by atoms with Crippen molar-refractivity contribution in [2.24, 2.45) is 0 Å². The summed E-state index contributed by atoms with van der Waals surface area (Å²) in [6.07, 6.45) is 0.670. The molecule has 0 fully saturated rings. The summed E-state index contributed by atoms with van der Waals surface area (Å²) in [5.74, 6) is -0.980. The SMILES string of the molecule is CCC(CO)NC(C)(COC)C(=O)O. The van der Waals surface area contributed by atoms with Crippen molar-refractivity contribution in [2.45, 2.75) is 31.8 Å². The van der Waals surface area contributed by atoms with Crippen LogP contribution in [-0.4, -0.2) is 48.1 Å². The molecule has 0 heterocycles. The third kappa shape index (κ3) is 3.61. The summed E-state index contributed by atoms with van der Waals surface area (Å²) >= 11 is 0. The molecule has 0 saturated heterocycles. The third-order valence-corrected chi connectivity index (χ3v) is 2.14. The highest BCUT2D eigenvalue weighted by atomic mass is 16.5. The number of ether oxygens (including phenoxy) is 1. The van der Waals surface area contributed by atoms with Gasteiger partial charge in [-0.3, -0.25) is 10.1 Å². The fourth-order valence-electron chi connectivity index (χ4n) is 1.18. The van der Waals surface area contributed by atoms with E-state index in [0.717, 1.165) is 0 Å². The first kappa shape index (κ1) is 13.4. The molecule has 0 amide bonds. The van der Waals surface area contributed by atoms with E-state index in [0.29, 0.717) is 6.42 Å². The molecule has 0 aliphatic rings. The monoisotopic (exact) mass is 205 g/mol. The van der Waals surface area contributed by atoms with Crippen molar-refractivity contribution in [1.82, 2.24) is 5.32 Å². The van der Waals surface area contributed by atoms with Gasteiger partial charge in [0, 0.05) is 13.2 Å². The van der Waals surface area contributed by atoms with Crippen LogP contribution < -0.4 is 5.32 Å². The summed E-state index contributed by atoms with van der Waals surface area (Å²) in [7, 11) is 1.45. The minimum absolute atomic E-state index is 0.0683. The maximum atomic E-state index is 11.0. The number of nitrogens with one attached hydrogen (secondary N) is 1. The molecule has 5 heteroatoms. The van der Waals surface area contributed by atoms with Crippen molar-refractivity contribution in [2.75, 3.05) is 20.3 Å². The number of methoxy groups -OCH3 is 1. The summed E-state index contributed by atoms with van der Waals surface area (Å²) < 4.78 is 4.83. The summed E-state index contributed by atoms with van der Waals surface area (Å²) in [6, 6.07) is -0.216. The number of aliphatic hydroxyl groups excluding tert-OH is 1. The number of rotatable bonds is 7. The molecule has 0 aromatic rings. The summed E-state index contributed by atoms with van der Waals surface area (Å²) in [6.45, 7) is 3.40. The van der Waals surface area contributed by atoms with Crippen LogP contribution in [0.2, 0.25) is 0 Å². The zero-order valence-electron chi connectivity index (χ0n) is 8.91. The third-order valence-electron chi connectivity index (χ3n) is 2.14. The molecule has 0 spiro atoms. The summed E-state index contributed by atoms with van der Waals surface area (Å²) in [4.78, 5) is 11.0. The zero-order valence-corrected chi connectivity index (χ0v) is 8.91. The van der Waals surface area contributed by atoms with E-state index < -0.39 is 11.5 Å². The summed E-state index contributed by atoms with van der Waals surface area (Å²) in [5.41, 5.74) is -1.14. The Morgan fingerprint density at radius 1 is 1.64 bits per heavy atom. The molecule has 0 aliphatic heterocycles. The summed E-state index contributed by atoms with van der Waals surface area (Å²) in [5, 5.41) is 20.8. The maximum Gasteiger partial charge on any atom is 0.326 e. The Morgan fingerprint density at radius 2 is 2.21 bits per heavy atom. The topological polar surface area (TPSA) is 78.8 Å².